The Kier molecular flexibility index (Phi) is 9.10. The minimum absolute atomic E-state index is 0.0195. The van der Waals surface area contributed by atoms with E-state index in [1.807, 2.05) is 13.0 Å². The average Bonchev–Trinajstić information content (AvgIpc) is 3.35. The lowest BCUT2D eigenvalue weighted by Gasteiger charge is -2.09. The first kappa shape index (κ1) is 27.1. The number of carboxylic acids is 1. The highest BCUT2D eigenvalue weighted by atomic mass is 19.1. The summed E-state index contributed by atoms with van der Waals surface area (Å²) in [6.45, 7) is 5.37. The zero-order valence-corrected chi connectivity index (χ0v) is 20.6. The molecule has 4 rings (SSSR count). The van der Waals surface area contributed by atoms with Gasteiger partial charge in [0.25, 0.3) is 0 Å². The molecule has 7 nitrogen and oxygen atoms in total. The summed E-state index contributed by atoms with van der Waals surface area (Å²) in [6, 6.07) is 13.9. The Labute approximate surface area is 213 Å². The lowest BCUT2D eigenvalue weighted by atomic mass is 10.1. The summed E-state index contributed by atoms with van der Waals surface area (Å²) in [6.07, 6.45) is 4.66. The van der Waals surface area contributed by atoms with Gasteiger partial charge < -0.3 is 20.1 Å². The zero-order chi connectivity index (χ0) is 26.9. The quantitative estimate of drug-likeness (QED) is 0.257. The van der Waals surface area contributed by atoms with Crippen LogP contribution in [0, 0.1) is 18.6 Å². The minimum Gasteiger partial charge on any atom is -0.478 e. The van der Waals surface area contributed by atoms with Crippen LogP contribution in [-0.2, 0) is 11.2 Å². The van der Waals surface area contributed by atoms with Crippen LogP contribution in [0.1, 0.15) is 41.8 Å². The molecule has 37 heavy (non-hydrogen) atoms. The number of H-pyrrole nitrogens is 1. The molecule has 2 aromatic heterocycles. The second-order valence-electron chi connectivity index (χ2n) is 8.26. The van der Waals surface area contributed by atoms with Gasteiger partial charge in [-0.1, -0.05) is 31.0 Å². The number of aromatic nitrogens is 2. The molecule has 0 saturated carbocycles. The van der Waals surface area contributed by atoms with Crippen LogP contribution in [0.5, 0.6) is 11.5 Å². The molecule has 9 heteroatoms. The maximum Gasteiger partial charge on any atom is 0.337 e. The van der Waals surface area contributed by atoms with E-state index in [0.29, 0.717) is 22.8 Å². The third kappa shape index (κ3) is 7.73. The van der Waals surface area contributed by atoms with Gasteiger partial charge in [-0.3, -0.25) is 9.78 Å². The van der Waals surface area contributed by atoms with Gasteiger partial charge in [-0.15, -0.1) is 0 Å². The molecule has 0 aliphatic carbocycles. The molecule has 1 amide bonds. The molecule has 0 aliphatic rings. The zero-order valence-electron chi connectivity index (χ0n) is 20.6. The number of aromatic carboxylic acids is 1. The number of pyridine rings is 1. The fourth-order valence-corrected chi connectivity index (χ4v) is 3.44. The van der Waals surface area contributed by atoms with Crippen molar-refractivity contribution in [2.45, 2.75) is 33.6 Å². The van der Waals surface area contributed by atoms with E-state index >= 15 is 0 Å². The molecule has 2 heterocycles. The van der Waals surface area contributed by atoms with Crippen molar-refractivity contribution in [2.24, 2.45) is 0 Å². The van der Waals surface area contributed by atoms with Gasteiger partial charge in [-0.05, 0) is 49.2 Å². The van der Waals surface area contributed by atoms with Crippen molar-refractivity contribution in [1.82, 2.24) is 9.97 Å². The van der Waals surface area contributed by atoms with Crippen molar-refractivity contribution in [1.29, 1.82) is 0 Å². The van der Waals surface area contributed by atoms with Crippen LogP contribution >= 0.6 is 0 Å². The maximum atomic E-state index is 14.1. The summed E-state index contributed by atoms with van der Waals surface area (Å²) in [7, 11) is 0. The van der Waals surface area contributed by atoms with Crippen molar-refractivity contribution in [3.63, 3.8) is 0 Å². The molecule has 0 saturated heterocycles. The number of hydrogen-bond acceptors (Lipinski definition) is 4. The van der Waals surface area contributed by atoms with Crippen molar-refractivity contribution < 1.29 is 28.2 Å². The van der Waals surface area contributed by atoms with Gasteiger partial charge in [0.15, 0.2) is 11.6 Å². The Morgan fingerprint density at radius 2 is 1.84 bits per heavy atom. The number of aryl methyl sites for hydroxylation is 2. The molecule has 0 fully saturated rings. The Bertz CT molecular complexity index is 1400. The van der Waals surface area contributed by atoms with Gasteiger partial charge >= 0.3 is 5.97 Å². The lowest BCUT2D eigenvalue weighted by Crippen LogP contribution is -2.05. The van der Waals surface area contributed by atoms with Crippen LogP contribution in [0.25, 0.3) is 11.4 Å². The van der Waals surface area contributed by atoms with Gasteiger partial charge in [-0.25, -0.2) is 13.6 Å². The molecule has 0 aliphatic heterocycles. The third-order valence-corrected chi connectivity index (χ3v) is 5.14. The number of rotatable bonds is 7. The normalized spacial score (nSPS) is 10.3. The topological polar surface area (TPSA) is 104 Å². The second-order valence-corrected chi connectivity index (χ2v) is 8.26. The fourth-order valence-electron chi connectivity index (χ4n) is 3.44. The first-order valence-corrected chi connectivity index (χ1v) is 11.5. The van der Waals surface area contributed by atoms with E-state index < -0.39 is 11.8 Å². The van der Waals surface area contributed by atoms with Gasteiger partial charge in [0.2, 0.25) is 5.91 Å². The number of ether oxygens (including phenoxy) is 1. The van der Waals surface area contributed by atoms with Crippen molar-refractivity contribution in [2.75, 3.05) is 5.32 Å². The predicted octanol–water partition coefficient (Wildman–Crippen LogP) is 6.75. The predicted molar refractivity (Wildman–Crippen MR) is 137 cm³/mol. The highest BCUT2D eigenvalue weighted by Crippen LogP contribution is 2.29. The molecular weight excluding hydrogens is 480 g/mol. The lowest BCUT2D eigenvalue weighted by molar-refractivity contribution is -0.114. The van der Waals surface area contributed by atoms with Crippen LogP contribution in [0.2, 0.25) is 0 Å². The third-order valence-electron chi connectivity index (χ3n) is 5.14. The molecule has 2 aromatic carbocycles. The number of nitrogens with one attached hydrogen (secondary N) is 2. The van der Waals surface area contributed by atoms with Crippen molar-refractivity contribution >= 4 is 17.6 Å². The smallest absolute Gasteiger partial charge is 0.337 e. The van der Waals surface area contributed by atoms with Gasteiger partial charge in [0, 0.05) is 37.1 Å². The molecular formula is C28H27F2N3O4. The number of halogens is 2. The number of carbonyl (C=O) groups excluding carboxylic acids is 1. The summed E-state index contributed by atoms with van der Waals surface area (Å²) in [4.78, 5) is 28.9. The second kappa shape index (κ2) is 12.4. The summed E-state index contributed by atoms with van der Waals surface area (Å²) < 4.78 is 32.6. The number of amides is 1. The Balaban J connectivity index is 0.000000289. The molecule has 0 unspecified atom stereocenters. The molecule has 192 valence electrons. The van der Waals surface area contributed by atoms with E-state index in [4.69, 9.17) is 9.84 Å². The Hall–Kier alpha value is -4.53. The number of carboxylic acid groups (broad SMARTS) is 1. The molecule has 0 spiro atoms. The first-order valence-electron chi connectivity index (χ1n) is 11.5. The van der Waals surface area contributed by atoms with Gasteiger partial charge in [-0.2, -0.15) is 0 Å². The van der Waals surface area contributed by atoms with Gasteiger partial charge in [0.1, 0.15) is 11.6 Å². The number of anilines is 1. The average molecular weight is 508 g/mol. The maximum absolute atomic E-state index is 14.1. The van der Waals surface area contributed by atoms with E-state index in [2.05, 4.69) is 22.2 Å². The number of benzene rings is 2. The molecule has 0 bridgehead atoms. The molecule has 0 radical (unpaired) electrons. The SMILES string of the molecule is CC(=O)Nc1ccc(Oc2ccnc(-c3cc(C(=O)O)c[nH]3)c2)c(F)c1.CCCc1cc(C)ccc1F. The molecule has 4 aromatic rings. The van der Waals surface area contributed by atoms with Crippen LogP contribution < -0.4 is 10.1 Å². The van der Waals surface area contributed by atoms with Crippen LogP contribution in [0.4, 0.5) is 14.5 Å². The van der Waals surface area contributed by atoms with Crippen molar-refractivity contribution in [3.05, 3.63) is 95.3 Å². The first-order chi connectivity index (χ1) is 17.7. The summed E-state index contributed by atoms with van der Waals surface area (Å²) in [5, 5.41) is 11.5. The highest BCUT2D eigenvalue weighted by molar-refractivity contribution is 5.89. The largest absolute Gasteiger partial charge is 0.478 e. The standard InChI is InChI=1S/C18H14FN3O4.C10H13F/c1-10(23)22-12-2-3-17(14(19)7-12)26-13-4-5-20-16(8-13)15-6-11(9-21-15)18(24)25;1-3-4-9-7-8(2)5-6-10(9)11/h2-9,21H,1H3,(H,22,23)(H,24,25);5-7H,3-4H2,1-2H3. The highest BCUT2D eigenvalue weighted by Gasteiger charge is 2.11. The summed E-state index contributed by atoms with van der Waals surface area (Å²) >= 11 is 0. The van der Waals surface area contributed by atoms with Crippen LogP contribution in [-0.4, -0.2) is 27.0 Å². The van der Waals surface area contributed by atoms with Gasteiger partial charge in [0.05, 0.1) is 17.0 Å². The number of aromatic amines is 1. The summed E-state index contributed by atoms with van der Waals surface area (Å²) in [5.74, 6) is -1.76. The Morgan fingerprint density at radius 3 is 2.49 bits per heavy atom. The Morgan fingerprint density at radius 1 is 1.05 bits per heavy atom. The van der Waals surface area contributed by atoms with Crippen LogP contribution in [0.15, 0.2) is 67.0 Å². The fraction of sp³-hybridized carbons (Fsp3) is 0.179. The monoisotopic (exact) mass is 507 g/mol. The number of hydrogen-bond donors (Lipinski definition) is 3. The number of carbonyl (C=O) groups is 2. The van der Waals surface area contributed by atoms with E-state index in [0.717, 1.165) is 30.0 Å². The van der Waals surface area contributed by atoms with Crippen molar-refractivity contribution in [3.8, 4) is 22.9 Å². The van der Waals surface area contributed by atoms with E-state index in [9.17, 15) is 18.4 Å². The number of nitrogens with zero attached hydrogens (tertiary/aromatic N) is 1. The van der Waals surface area contributed by atoms with Crippen LogP contribution in [0.3, 0.4) is 0 Å². The minimum atomic E-state index is -1.05. The van der Waals surface area contributed by atoms with E-state index in [1.54, 1.807) is 24.3 Å². The summed E-state index contributed by atoms with van der Waals surface area (Å²) in [5.41, 5.74) is 3.35. The molecule has 3 N–H and O–H groups in total. The molecule has 0 atom stereocenters. The van der Waals surface area contributed by atoms with E-state index in [-0.39, 0.29) is 23.0 Å². The van der Waals surface area contributed by atoms with E-state index in [1.165, 1.54) is 37.5 Å².